The number of carbonyl (C=O) groups is 1. The van der Waals surface area contributed by atoms with Crippen LogP contribution in [0.25, 0.3) is 0 Å². The van der Waals surface area contributed by atoms with Crippen LogP contribution in [0, 0.1) is 0 Å². The Labute approximate surface area is 95.6 Å². The van der Waals surface area contributed by atoms with Gasteiger partial charge >= 0.3 is 5.97 Å². The molecule has 0 spiro atoms. The van der Waals surface area contributed by atoms with Gasteiger partial charge in [-0.15, -0.1) is 0 Å². The van der Waals surface area contributed by atoms with Crippen molar-refractivity contribution in [1.82, 2.24) is 4.98 Å². The first-order valence-corrected chi connectivity index (χ1v) is 5.31. The standard InChI is InChI=1S/C12H17NO3/c1-8(2)15-11-5-10(6-13-7-11)12(14)16-9(3)4/h5-9H,1-4H3. The fourth-order valence-electron chi connectivity index (χ4n) is 1.15. The monoisotopic (exact) mass is 223 g/mol. The molecule has 1 heterocycles. The molecule has 0 atom stereocenters. The van der Waals surface area contributed by atoms with Crippen LogP contribution < -0.4 is 4.74 Å². The van der Waals surface area contributed by atoms with Gasteiger partial charge in [-0.1, -0.05) is 0 Å². The van der Waals surface area contributed by atoms with E-state index in [1.807, 2.05) is 13.8 Å². The van der Waals surface area contributed by atoms with E-state index in [-0.39, 0.29) is 18.2 Å². The molecule has 1 rings (SSSR count). The molecule has 4 heteroatoms. The summed E-state index contributed by atoms with van der Waals surface area (Å²) in [4.78, 5) is 15.5. The minimum Gasteiger partial charge on any atom is -0.489 e. The molecule has 4 nitrogen and oxygen atoms in total. The number of ether oxygens (including phenoxy) is 2. The Balaban J connectivity index is 2.77. The molecular weight excluding hydrogens is 206 g/mol. The number of hydrogen-bond donors (Lipinski definition) is 0. The third-order valence-corrected chi connectivity index (χ3v) is 1.66. The van der Waals surface area contributed by atoms with Crippen LogP contribution in [-0.4, -0.2) is 23.2 Å². The molecule has 0 amide bonds. The second kappa shape index (κ2) is 5.49. The van der Waals surface area contributed by atoms with Crippen molar-refractivity contribution in [1.29, 1.82) is 0 Å². The zero-order valence-electron chi connectivity index (χ0n) is 10.1. The highest BCUT2D eigenvalue weighted by atomic mass is 16.5. The Bertz CT molecular complexity index is 361. The van der Waals surface area contributed by atoms with Gasteiger partial charge in [0.2, 0.25) is 0 Å². The second-order valence-corrected chi connectivity index (χ2v) is 4.03. The highest BCUT2D eigenvalue weighted by molar-refractivity contribution is 5.89. The second-order valence-electron chi connectivity index (χ2n) is 4.03. The summed E-state index contributed by atoms with van der Waals surface area (Å²) in [5.74, 6) is 0.199. The van der Waals surface area contributed by atoms with E-state index in [1.165, 1.54) is 6.20 Å². The number of pyridine rings is 1. The zero-order chi connectivity index (χ0) is 12.1. The van der Waals surface area contributed by atoms with E-state index in [1.54, 1.807) is 26.1 Å². The van der Waals surface area contributed by atoms with Gasteiger partial charge in [0.25, 0.3) is 0 Å². The summed E-state index contributed by atoms with van der Waals surface area (Å²) in [5.41, 5.74) is 0.409. The highest BCUT2D eigenvalue weighted by Crippen LogP contribution is 2.14. The third-order valence-electron chi connectivity index (χ3n) is 1.66. The first kappa shape index (κ1) is 12.5. The zero-order valence-corrected chi connectivity index (χ0v) is 10.1. The first-order valence-electron chi connectivity index (χ1n) is 5.31. The number of hydrogen-bond acceptors (Lipinski definition) is 4. The smallest absolute Gasteiger partial charge is 0.340 e. The molecule has 0 aromatic carbocycles. The molecular formula is C12H17NO3. The number of rotatable bonds is 4. The van der Waals surface area contributed by atoms with Gasteiger partial charge in [0.05, 0.1) is 24.0 Å². The summed E-state index contributed by atoms with van der Waals surface area (Å²) in [7, 11) is 0. The lowest BCUT2D eigenvalue weighted by Crippen LogP contribution is -2.12. The van der Waals surface area contributed by atoms with Crippen LogP contribution >= 0.6 is 0 Å². The molecule has 1 aromatic rings. The summed E-state index contributed by atoms with van der Waals surface area (Å²) in [6.45, 7) is 7.44. The van der Waals surface area contributed by atoms with E-state index in [9.17, 15) is 4.79 Å². The Hall–Kier alpha value is -1.58. The number of aromatic nitrogens is 1. The van der Waals surface area contributed by atoms with E-state index < -0.39 is 0 Å². The van der Waals surface area contributed by atoms with Gasteiger partial charge in [-0.3, -0.25) is 4.98 Å². The number of nitrogens with zero attached hydrogens (tertiary/aromatic N) is 1. The quantitative estimate of drug-likeness (QED) is 0.735. The summed E-state index contributed by atoms with van der Waals surface area (Å²) in [6, 6.07) is 1.64. The summed E-state index contributed by atoms with van der Waals surface area (Å²) >= 11 is 0. The molecule has 0 fully saturated rings. The minimum atomic E-state index is -0.378. The van der Waals surface area contributed by atoms with Crippen molar-refractivity contribution in [3.8, 4) is 5.75 Å². The van der Waals surface area contributed by atoms with Crippen LogP contribution in [0.4, 0.5) is 0 Å². The van der Waals surface area contributed by atoms with Gasteiger partial charge in [-0.25, -0.2) is 4.79 Å². The predicted octanol–water partition coefficient (Wildman–Crippen LogP) is 2.43. The van der Waals surface area contributed by atoms with Crippen molar-refractivity contribution in [2.75, 3.05) is 0 Å². The van der Waals surface area contributed by atoms with Crippen molar-refractivity contribution < 1.29 is 14.3 Å². The van der Waals surface area contributed by atoms with Crippen molar-refractivity contribution in [3.63, 3.8) is 0 Å². The largest absolute Gasteiger partial charge is 0.489 e. The summed E-state index contributed by atoms with van der Waals surface area (Å²) in [6.07, 6.45) is 2.96. The van der Waals surface area contributed by atoms with Gasteiger partial charge < -0.3 is 9.47 Å². The minimum absolute atomic E-state index is 0.0539. The van der Waals surface area contributed by atoms with Crippen molar-refractivity contribution in [2.45, 2.75) is 39.9 Å². The van der Waals surface area contributed by atoms with E-state index in [0.717, 1.165) is 0 Å². The Morgan fingerprint density at radius 1 is 1.19 bits per heavy atom. The Morgan fingerprint density at radius 3 is 2.44 bits per heavy atom. The van der Waals surface area contributed by atoms with E-state index >= 15 is 0 Å². The lowest BCUT2D eigenvalue weighted by Gasteiger charge is -2.11. The summed E-state index contributed by atoms with van der Waals surface area (Å²) in [5, 5.41) is 0. The van der Waals surface area contributed by atoms with Crippen LogP contribution in [0.2, 0.25) is 0 Å². The van der Waals surface area contributed by atoms with E-state index in [2.05, 4.69) is 4.98 Å². The van der Waals surface area contributed by atoms with Crippen LogP contribution in [-0.2, 0) is 4.74 Å². The Kier molecular flexibility index (Phi) is 4.28. The van der Waals surface area contributed by atoms with Gasteiger partial charge in [0.15, 0.2) is 0 Å². The predicted molar refractivity (Wildman–Crippen MR) is 60.6 cm³/mol. The molecule has 88 valence electrons. The van der Waals surface area contributed by atoms with Crippen LogP contribution in [0.15, 0.2) is 18.5 Å². The topological polar surface area (TPSA) is 48.4 Å². The maximum absolute atomic E-state index is 11.6. The van der Waals surface area contributed by atoms with Gasteiger partial charge in [-0.05, 0) is 33.8 Å². The van der Waals surface area contributed by atoms with Crippen LogP contribution in [0.3, 0.4) is 0 Å². The molecule has 16 heavy (non-hydrogen) atoms. The van der Waals surface area contributed by atoms with E-state index in [4.69, 9.17) is 9.47 Å². The molecule has 1 aromatic heterocycles. The summed E-state index contributed by atoms with van der Waals surface area (Å²) < 4.78 is 10.5. The van der Waals surface area contributed by atoms with Gasteiger partial charge in [0, 0.05) is 6.20 Å². The van der Waals surface area contributed by atoms with E-state index in [0.29, 0.717) is 11.3 Å². The average Bonchev–Trinajstić information content (AvgIpc) is 2.16. The molecule has 0 aliphatic carbocycles. The molecule has 0 saturated carbocycles. The molecule has 0 radical (unpaired) electrons. The lowest BCUT2D eigenvalue weighted by molar-refractivity contribution is 0.0376. The molecule has 0 aliphatic rings. The fourth-order valence-corrected chi connectivity index (χ4v) is 1.15. The van der Waals surface area contributed by atoms with Crippen LogP contribution in [0.5, 0.6) is 5.75 Å². The fraction of sp³-hybridized carbons (Fsp3) is 0.500. The number of esters is 1. The first-order chi connectivity index (χ1) is 7.49. The normalized spacial score (nSPS) is 10.6. The lowest BCUT2D eigenvalue weighted by atomic mass is 10.3. The maximum atomic E-state index is 11.6. The maximum Gasteiger partial charge on any atom is 0.340 e. The number of carbonyl (C=O) groups excluding carboxylic acids is 1. The van der Waals surface area contributed by atoms with Gasteiger partial charge in [0.1, 0.15) is 5.75 Å². The molecule has 0 saturated heterocycles. The Morgan fingerprint density at radius 2 is 1.88 bits per heavy atom. The SMILES string of the molecule is CC(C)OC(=O)c1cncc(OC(C)C)c1. The van der Waals surface area contributed by atoms with Crippen molar-refractivity contribution in [2.24, 2.45) is 0 Å². The third kappa shape index (κ3) is 3.88. The van der Waals surface area contributed by atoms with Crippen molar-refractivity contribution in [3.05, 3.63) is 24.0 Å². The molecule has 0 bridgehead atoms. The van der Waals surface area contributed by atoms with Crippen LogP contribution in [0.1, 0.15) is 38.1 Å². The molecule has 0 unspecified atom stereocenters. The average molecular weight is 223 g/mol. The highest BCUT2D eigenvalue weighted by Gasteiger charge is 2.11. The van der Waals surface area contributed by atoms with Crippen molar-refractivity contribution >= 4 is 5.97 Å². The van der Waals surface area contributed by atoms with Gasteiger partial charge in [-0.2, -0.15) is 0 Å². The molecule has 0 N–H and O–H groups in total. The molecule has 0 aliphatic heterocycles.